The third-order valence-electron chi connectivity index (χ3n) is 3.95. The van der Waals surface area contributed by atoms with Crippen LogP contribution in [0.15, 0.2) is 24.3 Å². The van der Waals surface area contributed by atoms with Crippen LogP contribution >= 0.6 is 0 Å². The first kappa shape index (κ1) is 15.2. The van der Waals surface area contributed by atoms with Gasteiger partial charge >= 0.3 is 0 Å². The van der Waals surface area contributed by atoms with Crippen LogP contribution < -0.4 is 5.32 Å². The van der Waals surface area contributed by atoms with Crippen molar-refractivity contribution >= 4 is 0 Å². The van der Waals surface area contributed by atoms with Gasteiger partial charge < -0.3 is 5.32 Å². The van der Waals surface area contributed by atoms with Gasteiger partial charge in [0.05, 0.1) is 0 Å². The summed E-state index contributed by atoms with van der Waals surface area (Å²) < 4.78 is 0. The molecule has 1 nitrogen and oxygen atoms in total. The molecule has 102 valence electrons. The molecule has 1 unspecified atom stereocenters. The minimum atomic E-state index is 0.561. The summed E-state index contributed by atoms with van der Waals surface area (Å²) in [5.74, 6) is 1.42. The van der Waals surface area contributed by atoms with Crippen molar-refractivity contribution in [2.75, 3.05) is 6.54 Å². The Hall–Kier alpha value is -0.820. The summed E-state index contributed by atoms with van der Waals surface area (Å²) in [7, 11) is 0. The smallest absolute Gasteiger partial charge is 0.00252 e. The molecule has 1 atom stereocenters. The first-order valence-corrected chi connectivity index (χ1v) is 7.39. The number of aryl methyl sites for hydroxylation is 1. The normalized spacial score (nSPS) is 13.3. The van der Waals surface area contributed by atoms with E-state index in [1.165, 1.54) is 24.0 Å². The van der Waals surface area contributed by atoms with E-state index in [0.29, 0.717) is 12.0 Å². The van der Waals surface area contributed by atoms with Crippen molar-refractivity contribution in [2.45, 2.75) is 59.4 Å². The summed E-state index contributed by atoms with van der Waals surface area (Å²) in [6.07, 6.45) is 2.52. The largest absolute Gasteiger partial charge is 0.314 e. The molecule has 0 aliphatic rings. The lowest BCUT2D eigenvalue weighted by molar-refractivity contribution is 0.369. The third-order valence-corrected chi connectivity index (χ3v) is 3.95. The summed E-state index contributed by atoms with van der Waals surface area (Å²) in [5.41, 5.74) is 2.96. The van der Waals surface area contributed by atoms with Crippen LogP contribution in [-0.4, -0.2) is 12.6 Å². The highest BCUT2D eigenvalue weighted by molar-refractivity contribution is 5.30. The molecule has 1 heteroatoms. The van der Waals surface area contributed by atoms with Gasteiger partial charge in [0.2, 0.25) is 0 Å². The molecule has 1 N–H and O–H groups in total. The quantitative estimate of drug-likeness (QED) is 0.747. The van der Waals surface area contributed by atoms with Crippen LogP contribution in [0.1, 0.15) is 57.6 Å². The average molecular weight is 247 g/mol. The van der Waals surface area contributed by atoms with Crippen molar-refractivity contribution in [3.8, 4) is 0 Å². The summed E-state index contributed by atoms with van der Waals surface area (Å²) in [4.78, 5) is 0. The maximum Gasteiger partial charge on any atom is 0.00252 e. The Bertz CT molecular complexity index is 339. The Morgan fingerprint density at radius 3 is 2.17 bits per heavy atom. The molecule has 0 fully saturated rings. The van der Waals surface area contributed by atoms with Crippen LogP contribution in [0.5, 0.6) is 0 Å². The molecular weight excluding hydrogens is 218 g/mol. The van der Waals surface area contributed by atoms with Crippen LogP contribution in [0.3, 0.4) is 0 Å². The molecule has 0 aliphatic heterocycles. The monoisotopic (exact) mass is 247 g/mol. The van der Waals surface area contributed by atoms with Crippen molar-refractivity contribution in [3.63, 3.8) is 0 Å². The van der Waals surface area contributed by atoms with Gasteiger partial charge in [0, 0.05) is 12.6 Å². The van der Waals surface area contributed by atoms with Gasteiger partial charge in [-0.1, -0.05) is 64.8 Å². The van der Waals surface area contributed by atoms with Gasteiger partial charge in [-0.2, -0.15) is 0 Å². The molecule has 1 aromatic carbocycles. The molecule has 0 bridgehead atoms. The second kappa shape index (κ2) is 7.58. The number of hydrogen-bond donors (Lipinski definition) is 1. The predicted molar refractivity (Wildman–Crippen MR) is 81.1 cm³/mol. The SMILES string of the molecule is CCC(CC)C(CNC(C)C)c1ccccc1C. The summed E-state index contributed by atoms with van der Waals surface area (Å²) in [6.45, 7) is 12.4. The van der Waals surface area contributed by atoms with Crippen molar-refractivity contribution in [1.29, 1.82) is 0 Å². The lowest BCUT2D eigenvalue weighted by Gasteiger charge is -2.28. The van der Waals surface area contributed by atoms with Crippen molar-refractivity contribution in [2.24, 2.45) is 5.92 Å². The fourth-order valence-electron chi connectivity index (χ4n) is 2.75. The number of hydrogen-bond acceptors (Lipinski definition) is 1. The van der Waals surface area contributed by atoms with Crippen LogP contribution in [0.2, 0.25) is 0 Å². The van der Waals surface area contributed by atoms with Gasteiger partial charge in [0.1, 0.15) is 0 Å². The standard InChI is InChI=1S/C17H29N/c1-6-15(7-2)17(12-18-13(3)4)16-11-9-8-10-14(16)5/h8-11,13,15,17-18H,6-7,12H2,1-5H3. The lowest BCUT2D eigenvalue weighted by Crippen LogP contribution is -2.31. The zero-order valence-corrected chi connectivity index (χ0v) is 12.7. The molecule has 0 aliphatic carbocycles. The first-order chi connectivity index (χ1) is 8.60. The Kier molecular flexibility index (Phi) is 6.42. The molecule has 0 saturated heterocycles. The van der Waals surface area contributed by atoms with Crippen LogP contribution in [0, 0.1) is 12.8 Å². The lowest BCUT2D eigenvalue weighted by atomic mass is 9.81. The van der Waals surface area contributed by atoms with Gasteiger partial charge in [-0.15, -0.1) is 0 Å². The molecule has 0 aromatic heterocycles. The molecule has 0 amide bonds. The molecule has 0 spiro atoms. The molecule has 18 heavy (non-hydrogen) atoms. The van der Waals surface area contributed by atoms with E-state index in [1.807, 2.05) is 0 Å². The van der Waals surface area contributed by atoms with Crippen LogP contribution in [0.25, 0.3) is 0 Å². The zero-order chi connectivity index (χ0) is 13.5. The minimum absolute atomic E-state index is 0.561. The highest BCUT2D eigenvalue weighted by atomic mass is 14.9. The number of nitrogens with one attached hydrogen (secondary N) is 1. The summed E-state index contributed by atoms with van der Waals surface area (Å²) in [5, 5.41) is 3.62. The molecule has 1 rings (SSSR count). The van der Waals surface area contributed by atoms with E-state index >= 15 is 0 Å². The van der Waals surface area contributed by atoms with E-state index in [-0.39, 0.29) is 0 Å². The van der Waals surface area contributed by atoms with Gasteiger partial charge in [-0.3, -0.25) is 0 Å². The second-order valence-corrected chi connectivity index (χ2v) is 5.60. The minimum Gasteiger partial charge on any atom is -0.314 e. The molecule has 1 aromatic rings. The number of benzene rings is 1. The molecule has 0 radical (unpaired) electrons. The van der Waals surface area contributed by atoms with E-state index < -0.39 is 0 Å². The van der Waals surface area contributed by atoms with Crippen LogP contribution in [-0.2, 0) is 0 Å². The van der Waals surface area contributed by atoms with Crippen LogP contribution in [0.4, 0.5) is 0 Å². The van der Waals surface area contributed by atoms with Gasteiger partial charge in [-0.05, 0) is 29.9 Å². The highest BCUT2D eigenvalue weighted by Gasteiger charge is 2.21. The van der Waals surface area contributed by atoms with E-state index in [0.717, 1.165) is 12.5 Å². The number of rotatable bonds is 7. The van der Waals surface area contributed by atoms with Crippen molar-refractivity contribution in [3.05, 3.63) is 35.4 Å². The molecular formula is C17H29N. The Morgan fingerprint density at radius 1 is 1.06 bits per heavy atom. The first-order valence-electron chi connectivity index (χ1n) is 7.39. The summed E-state index contributed by atoms with van der Waals surface area (Å²) >= 11 is 0. The summed E-state index contributed by atoms with van der Waals surface area (Å²) in [6, 6.07) is 9.41. The van der Waals surface area contributed by atoms with E-state index in [4.69, 9.17) is 0 Å². The molecule has 0 heterocycles. The van der Waals surface area contributed by atoms with E-state index in [1.54, 1.807) is 0 Å². The average Bonchev–Trinajstić information content (AvgIpc) is 2.35. The fourth-order valence-corrected chi connectivity index (χ4v) is 2.75. The second-order valence-electron chi connectivity index (χ2n) is 5.60. The van der Waals surface area contributed by atoms with E-state index in [9.17, 15) is 0 Å². The fraction of sp³-hybridized carbons (Fsp3) is 0.647. The Balaban J connectivity index is 2.92. The zero-order valence-electron chi connectivity index (χ0n) is 12.7. The highest BCUT2D eigenvalue weighted by Crippen LogP contribution is 2.31. The Morgan fingerprint density at radius 2 is 1.67 bits per heavy atom. The third kappa shape index (κ3) is 4.13. The topological polar surface area (TPSA) is 12.0 Å². The Labute approximate surface area is 113 Å². The maximum absolute atomic E-state index is 3.62. The van der Waals surface area contributed by atoms with Crippen molar-refractivity contribution < 1.29 is 0 Å². The van der Waals surface area contributed by atoms with E-state index in [2.05, 4.69) is 64.2 Å². The van der Waals surface area contributed by atoms with Gasteiger partial charge in [-0.25, -0.2) is 0 Å². The maximum atomic E-state index is 3.62. The van der Waals surface area contributed by atoms with Gasteiger partial charge in [0.15, 0.2) is 0 Å². The van der Waals surface area contributed by atoms with Crippen molar-refractivity contribution in [1.82, 2.24) is 5.32 Å². The molecule has 0 saturated carbocycles. The predicted octanol–water partition coefficient (Wildman–Crippen LogP) is 4.51. The van der Waals surface area contributed by atoms with Gasteiger partial charge in [0.25, 0.3) is 0 Å².